The molecule has 0 radical (unpaired) electrons. The van der Waals surface area contributed by atoms with Gasteiger partial charge in [0.1, 0.15) is 17.7 Å². The van der Waals surface area contributed by atoms with Crippen LogP contribution in [0.5, 0.6) is 5.75 Å². The minimum absolute atomic E-state index is 0.161. The highest BCUT2D eigenvalue weighted by Crippen LogP contribution is 2.39. The van der Waals surface area contributed by atoms with Crippen LogP contribution in [0.1, 0.15) is 118 Å². The molecule has 0 fully saturated rings. The fourth-order valence-corrected chi connectivity index (χ4v) is 5.70. The Morgan fingerprint density at radius 2 is 1.75 bits per heavy atom. The van der Waals surface area contributed by atoms with Gasteiger partial charge in [0.25, 0.3) is 0 Å². The van der Waals surface area contributed by atoms with Crippen molar-refractivity contribution in [3.8, 4) is 5.75 Å². The van der Waals surface area contributed by atoms with Gasteiger partial charge in [0, 0.05) is 22.7 Å². The number of nitrogens with zero attached hydrogens (tertiary/aromatic N) is 4. The molecule has 4 aromatic rings. The van der Waals surface area contributed by atoms with Crippen molar-refractivity contribution in [1.82, 2.24) is 24.9 Å². The molecule has 2 amide bonds. The van der Waals surface area contributed by atoms with Crippen molar-refractivity contribution in [1.29, 1.82) is 0 Å². The van der Waals surface area contributed by atoms with Crippen molar-refractivity contribution in [2.45, 2.75) is 90.7 Å². The number of hydrogen-bond donors (Lipinski definition) is 2. The summed E-state index contributed by atoms with van der Waals surface area (Å²) in [6, 6.07) is 14.7. The Morgan fingerprint density at radius 1 is 1.00 bits per heavy atom. The van der Waals surface area contributed by atoms with E-state index in [1.165, 1.54) is 0 Å². The number of nitrogens with one attached hydrogen (secondary N) is 2. The number of carbonyl (C=O) groups is 2. The number of ether oxygens (including phenoxy) is 2. The summed E-state index contributed by atoms with van der Waals surface area (Å²) >= 11 is 0. The molecule has 1 aliphatic carbocycles. The van der Waals surface area contributed by atoms with Crippen LogP contribution in [-0.4, -0.2) is 38.2 Å². The zero-order valence-corrected chi connectivity index (χ0v) is 26.4. The first kappa shape index (κ1) is 31.0. The minimum atomic E-state index is -0.524. The molecule has 0 bridgehead atoms. The number of esters is 1. The van der Waals surface area contributed by atoms with E-state index in [4.69, 9.17) is 9.47 Å². The van der Waals surface area contributed by atoms with E-state index < -0.39 is 5.97 Å². The van der Waals surface area contributed by atoms with Crippen molar-refractivity contribution in [2.75, 3.05) is 11.9 Å². The van der Waals surface area contributed by atoms with E-state index in [2.05, 4.69) is 45.7 Å². The largest absolute Gasteiger partial charge is 0.484 e. The molecule has 0 saturated heterocycles. The summed E-state index contributed by atoms with van der Waals surface area (Å²) in [5.74, 6) is 1.51. The lowest BCUT2D eigenvalue weighted by Crippen LogP contribution is -2.35. The third-order valence-electron chi connectivity index (χ3n) is 8.11. The van der Waals surface area contributed by atoms with Crippen molar-refractivity contribution in [2.24, 2.45) is 0 Å². The summed E-state index contributed by atoms with van der Waals surface area (Å²) in [4.78, 5) is 30.2. The molecule has 10 nitrogen and oxygen atoms in total. The number of amides is 2. The number of pyridine rings is 2. The van der Waals surface area contributed by atoms with Crippen molar-refractivity contribution >= 4 is 23.3 Å². The maximum absolute atomic E-state index is 13.3. The van der Waals surface area contributed by atoms with E-state index in [1.54, 1.807) is 19.1 Å². The van der Waals surface area contributed by atoms with Gasteiger partial charge in [-0.1, -0.05) is 58.9 Å². The molecule has 5 rings (SSSR count). The molecule has 0 unspecified atom stereocenters. The molecule has 0 aliphatic heterocycles. The Hall–Kier alpha value is -4.47. The lowest BCUT2D eigenvalue weighted by atomic mass is 9.85. The molecule has 0 saturated carbocycles. The molecule has 2 atom stereocenters. The van der Waals surface area contributed by atoms with Gasteiger partial charge >= 0.3 is 12.0 Å². The number of rotatable bonds is 9. The van der Waals surface area contributed by atoms with Gasteiger partial charge in [-0.15, -0.1) is 10.2 Å². The van der Waals surface area contributed by atoms with Crippen LogP contribution in [0, 0.1) is 0 Å². The summed E-state index contributed by atoms with van der Waals surface area (Å²) < 4.78 is 13.8. The van der Waals surface area contributed by atoms with E-state index in [1.807, 2.05) is 61.7 Å². The molecule has 44 heavy (non-hydrogen) atoms. The van der Waals surface area contributed by atoms with Crippen LogP contribution < -0.4 is 15.4 Å². The number of fused-ring (bicyclic) bond motifs is 2. The molecule has 3 aromatic heterocycles. The van der Waals surface area contributed by atoms with Gasteiger partial charge in [-0.05, 0) is 68.0 Å². The molecule has 10 heteroatoms. The molecular weight excluding hydrogens is 556 g/mol. The predicted octanol–water partition coefficient (Wildman–Crippen LogP) is 7.28. The number of hydrogen-bond acceptors (Lipinski definition) is 7. The second kappa shape index (κ2) is 13.0. The Labute approximate surface area is 258 Å². The number of anilines is 1. The van der Waals surface area contributed by atoms with E-state index in [-0.39, 0.29) is 35.9 Å². The van der Waals surface area contributed by atoms with Gasteiger partial charge in [-0.2, -0.15) is 0 Å². The quantitative estimate of drug-likeness (QED) is 0.194. The second-order valence-electron chi connectivity index (χ2n) is 12.2. The summed E-state index contributed by atoms with van der Waals surface area (Å²) in [6.45, 7) is 12.3. The van der Waals surface area contributed by atoms with Crippen LogP contribution in [0.15, 0.2) is 54.7 Å². The van der Waals surface area contributed by atoms with Crippen LogP contribution in [0.4, 0.5) is 10.5 Å². The average molecular weight is 599 g/mol. The smallest absolute Gasteiger partial charge is 0.356 e. The van der Waals surface area contributed by atoms with Gasteiger partial charge in [-0.25, -0.2) is 14.6 Å². The van der Waals surface area contributed by atoms with Crippen LogP contribution in [0.25, 0.3) is 5.65 Å². The molecular formula is C34H42N6O4. The lowest BCUT2D eigenvalue weighted by molar-refractivity contribution is 0.0519. The lowest BCUT2D eigenvalue weighted by Gasteiger charge is -2.32. The summed E-state index contributed by atoms with van der Waals surface area (Å²) in [6.07, 6.45) is 5.21. The predicted molar refractivity (Wildman–Crippen MR) is 169 cm³/mol. The Kier molecular flexibility index (Phi) is 9.17. The fraction of sp³-hybridized carbons (Fsp3) is 0.441. The van der Waals surface area contributed by atoms with Crippen molar-refractivity contribution in [3.63, 3.8) is 0 Å². The molecule has 3 heterocycles. The van der Waals surface area contributed by atoms with Gasteiger partial charge in [0.15, 0.2) is 11.3 Å². The first-order valence-electron chi connectivity index (χ1n) is 15.5. The molecule has 232 valence electrons. The first-order chi connectivity index (χ1) is 21.1. The van der Waals surface area contributed by atoms with E-state index >= 15 is 0 Å². The fourth-order valence-electron chi connectivity index (χ4n) is 5.70. The number of aromatic nitrogens is 4. The number of benzene rings is 1. The third kappa shape index (κ3) is 6.69. The van der Waals surface area contributed by atoms with Crippen LogP contribution in [0.2, 0.25) is 0 Å². The highest BCUT2D eigenvalue weighted by Gasteiger charge is 2.30. The second-order valence-corrected chi connectivity index (χ2v) is 12.2. The zero-order chi connectivity index (χ0) is 31.4. The number of carbonyl (C=O) groups excluding carboxylic acids is 2. The zero-order valence-electron chi connectivity index (χ0n) is 26.4. The van der Waals surface area contributed by atoms with Crippen molar-refractivity contribution < 1.29 is 19.1 Å². The molecule has 1 aliphatic rings. The molecule has 1 aromatic carbocycles. The SMILES string of the molecule is CCOC(=O)c1cc(NC(=O)N[C@H]2CC[C@@H](Oc3ccc4nnc(C(CC)CC)n4c3)c3ccccc32)cc(C(C)(C)C)n1. The summed E-state index contributed by atoms with van der Waals surface area (Å²) in [5.41, 5.74) is 3.84. The maximum atomic E-state index is 13.3. The van der Waals surface area contributed by atoms with Crippen molar-refractivity contribution in [3.05, 3.63) is 83.1 Å². The Bertz CT molecular complexity index is 1640. The molecule has 2 N–H and O–H groups in total. The summed E-state index contributed by atoms with van der Waals surface area (Å²) in [7, 11) is 0. The Balaban J connectivity index is 1.33. The highest BCUT2D eigenvalue weighted by atomic mass is 16.5. The third-order valence-corrected chi connectivity index (χ3v) is 8.11. The van der Waals surface area contributed by atoms with Gasteiger partial charge in [-0.3, -0.25) is 4.40 Å². The Morgan fingerprint density at radius 3 is 2.45 bits per heavy atom. The van der Waals surface area contributed by atoms with Crippen LogP contribution in [0.3, 0.4) is 0 Å². The van der Waals surface area contributed by atoms with Gasteiger partial charge in [0.05, 0.1) is 18.8 Å². The monoisotopic (exact) mass is 598 g/mol. The standard InChI is InChI=1S/C34H42N6O4/c1-7-21(8-2)31-39-38-30-17-14-23(20-40(30)31)44-28-16-15-26(24-12-10-11-13-25(24)28)37-33(42)35-22-18-27(32(41)43-9-3)36-29(19-22)34(4,5)6/h10-14,17-21,26,28H,7-9,15-16H2,1-6H3,(H2,35,36,37,42)/t26-,28+/m0/s1. The van der Waals surface area contributed by atoms with Crippen LogP contribution in [-0.2, 0) is 10.2 Å². The topological polar surface area (TPSA) is 120 Å². The first-order valence-corrected chi connectivity index (χ1v) is 15.5. The van der Waals surface area contributed by atoms with E-state index in [9.17, 15) is 9.59 Å². The number of urea groups is 1. The summed E-state index contributed by atoms with van der Waals surface area (Å²) in [5, 5.41) is 14.8. The van der Waals surface area contributed by atoms with Crippen LogP contribution >= 0.6 is 0 Å². The van der Waals surface area contributed by atoms with E-state index in [0.717, 1.165) is 47.6 Å². The minimum Gasteiger partial charge on any atom is -0.484 e. The van der Waals surface area contributed by atoms with Gasteiger partial charge < -0.3 is 20.1 Å². The highest BCUT2D eigenvalue weighted by molar-refractivity contribution is 5.93. The molecule has 0 spiro atoms. The normalized spacial score (nSPS) is 16.4. The maximum Gasteiger partial charge on any atom is 0.356 e. The average Bonchev–Trinajstić information content (AvgIpc) is 3.41. The van der Waals surface area contributed by atoms with Gasteiger partial charge in [0.2, 0.25) is 0 Å². The van der Waals surface area contributed by atoms with E-state index in [0.29, 0.717) is 23.7 Å².